The summed E-state index contributed by atoms with van der Waals surface area (Å²) < 4.78 is 6.98. The van der Waals surface area contributed by atoms with E-state index in [0.717, 1.165) is 28.6 Å². The summed E-state index contributed by atoms with van der Waals surface area (Å²) in [6, 6.07) is 4.21. The van der Waals surface area contributed by atoms with Crippen LogP contribution in [0.2, 0.25) is 0 Å². The smallest absolute Gasteiger partial charge is 0.126 e. The normalized spacial score (nSPS) is 10.5. The molecule has 0 saturated carbocycles. The third kappa shape index (κ3) is 4.10. The van der Waals surface area contributed by atoms with Gasteiger partial charge in [0.15, 0.2) is 0 Å². The predicted octanol–water partition coefficient (Wildman–Crippen LogP) is 5.22. The largest absolute Gasteiger partial charge is 0.493 e. The maximum atomic E-state index is 5.87. The lowest BCUT2D eigenvalue weighted by Gasteiger charge is -2.13. The zero-order chi connectivity index (χ0) is 12.0. The van der Waals surface area contributed by atoms with Gasteiger partial charge < -0.3 is 4.74 Å². The molecule has 0 spiro atoms. The van der Waals surface area contributed by atoms with E-state index in [0.29, 0.717) is 0 Å². The number of ether oxygens (including phenoxy) is 1. The van der Waals surface area contributed by atoms with Crippen molar-refractivity contribution in [3.8, 4) is 5.75 Å². The molecule has 3 heteroatoms. The SMILES string of the molecule is CCCCCOc1c(C)cc(Br)cc1CBr. The quantitative estimate of drug-likeness (QED) is 0.505. The fourth-order valence-electron chi connectivity index (χ4n) is 1.63. The molecule has 0 fully saturated rings. The van der Waals surface area contributed by atoms with Gasteiger partial charge in [0.1, 0.15) is 5.75 Å². The second-order valence-corrected chi connectivity index (χ2v) is 5.38. The molecule has 0 bridgehead atoms. The van der Waals surface area contributed by atoms with E-state index in [1.165, 1.54) is 24.0 Å². The Bertz CT molecular complexity index is 337. The highest BCUT2D eigenvalue weighted by Gasteiger charge is 2.07. The number of unbranched alkanes of at least 4 members (excludes halogenated alkanes) is 2. The van der Waals surface area contributed by atoms with Crippen molar-refractivity contribution in [3.05, 3.63) is 27.7 Å². The molecule has 0 aliphatic rings. The topological polar surface area (TPSA) is 9.23 Å². The Balaban J connectivity index is 2.70. The van der Waals surface area contributed by atoms with E-state index in [4.69, 9.17) is 4.74 Å². The molecule has 1 nitrogen and oxygen atoms in total. The van der Waals surface area contributed by atoms with E-state index >= 15 is 0 Å². The fraction of sp³-hybridized carbons (Fsp3) is 0.538. The molecule has 0 heterocycles. The number of hydrogen-bond donors (Lipinski definition) is 0. The molecule has 1 rings (SSSR count). The Morgan fingerprint density at radius 3 is 2.62 bits per heavy atom. The lowest BCUT2D eigenvalue weighted by Crippen LogP contribution is -2.01. The van der Waals surface area contributed by atoms with Crippen molar-refractivity contribution in [2.75, 3.05) is 6.61 Å². The molecule has 0 aliphatic heterocycles. The second kappa shape index (κ2) is 7.33. The van der Waals surface area contributed by atoms with E-state index in [9.17, 15) is 0 Å². The summed E-state index contributed by atoms with van der Waals surface area (Å²) in [7, 11) is 0. The van der Waals surface area contributed by atoms with Crippen LogP contribution in [0, 0.1) is 6.92 Å². The number of halogens is 2. The molecule has 0 atom stereocenters. The summed E-state index contributed by atoms with van der Waals surface area (Å²) in [4.78, 5) is 0. The Labute approximate surface area is 115 Å². The van der Waals surface area contributed by atoms with E-state index in [2.05, 4.69) is 57.8 Å². The number of alkyl halides is 1. The van der Waals surface area contributed by atoms with Crippen LogP contribution >= 0.6 is 31.9 Å². The summed E-state index contributed by atoms with van der Waals surface area (Å²) in [5, 5.41) is 0.830. The monoisotopic (exact) mass is 348 g/mol. The average Bonchev–Trinajstić information content (AvgIpc) is 2.26. The van der Waals surface area contributed by atoms with Crippen LogP contribution in [0.5, 0.6) is 5.75 Å². The third-order valence-electron chi connectivity index (χ3n) is 2.45. The summed E-state index contributed by atoms with van der Waals surface area (Å²) in [5.74, 6) is 1.04. The van der Waals surface area contributed by atoms with Gasteiger partial charge >= 0.3 is 0 Å². The molecule has 0 unspecified atom stereocenters. The molecule has 16 heavy (non-hydrogen) atoms. The molecule has 0 saturated heterocycles. The van der Waals surface area contributed by atoms with Crippen LogP contribution in [0.4, 0.5) is 0 Å². The van der Waals surface area contributed by atoms with Gasteiger partial charge in [0.25, 0.3) is 0 Å². The minimum Gasteiger partial charge on any atom is -0.493 e. The van der Waals surface area contributed by atoms with Crippen molar-refractivity contribution in [1.82, 2.24) is 0 Å². The molecule has 0 N–H and O–H groups in total. The fourth-order valence-corrected chi connectivity index (χ4v) is 2.67. The van der Waals surface area contributed by atoms with E-state index < -0.39 is 0 Å². The first-order valence-electron chi connectivity index (χ1n) is 5.66. The molecule has 0 aromatic heterocycles. The third-order valence-corrected chi connectivity index (χ3v) is 3.52. The van der Waals surface area contributed by atoms with Gasteiger partial charge in [-0.15, -0.1) is 0 Å². The van der Waals surface area contributed by atoms with Crippen molar-refractivity contribution in [2.24, 2.45) is 0 Å². The number of benzene rings is 1. The number of aryl methyl sites for hydroxylation is 1. The second-order valence-electron chi connectivity index (χ2n) is 3.90. The van der Waals surface area contributed by atoms with E-state index in [1.54, 1.807) is 0 Å². The minimum atomic E-state index is 0.816. The average molecular weight is 350 g/mol. The minimum absolute atomic E-state index is 0.816. The maximum Gasteiger partial charge on any atom is 0.126 e. The van der Waals surface area contributed by atoms with Gasteiger partial charge in [-0.2, -0.15) is 0 Å². The number of hydrogen-bond acceptors (Lipinski definition) is 1. The van der Waals surface area contributed by atoms with Crippen molar-refractivity contribution in [1.29, 1.82) is 0 Å². The first-order chi connectivity index (χ1) is 7.69. The summed E-state index contributed by atoms with van der Waals surface area (Å²) in [6.45, 7) is 5.11. The highest BCUT2D eigenvalue weighted by molar-refractivity contribution is 9.10. The molecular formula is C13H18Br2O. The Morgan fingerprint density at radius 1 is 1.25 bits per heavy atom. The van der Waals surface area contributed by atoms with Crippen molar-refractivity contribution < 1.29 is 4.74 Å². The molecule has 1 aromatic carbocycles. The zero-order valence-electron chi connectivity index (χ0n) is 9.85. The zero-order valence-corrected chi connectivity index (χ0v) is 13.0. The molecule has 0 amide bonds. The predicted molar refractivity (Wildman–Crippen MR) is 76.5 cm³/mol. The van der Waals surface area contributed by atoms with Crippen LogP contribution < -0.4 is 4.74 Å². The maximum absolute atomic E-state index is 5.87. The first kappa shape index (κ1) is 14.0. The molecular weight excluding hydrogens is 332 g/mol. The van der Waals surface area contributed by atoms with Crippen LogP contribution in [0.1, 0.15) is 37.3 Å². The Hall–Kier alpha value is -0.0200. The standard InChI is InChI=1S/C13H18Br2O/c1-3-4-5-6-16-13-10(2)7-12(15)8-11(13)9-14/h7-8H,3-6,9H2,1-2H3. The van der Waals surface area contributed by atoms with Gasteiger partial charge in [-0.05, 0) is 31.0 Å². The summed E-state index contributed by atoms with van der Waals surface area (Å²) in [6.07, 6.45) is 3.60. The molecule has 1 aromatic rings. The summed E-state index contributed by atoms with van der Waals surface area (Å²) >= 11 is 7.00. The van der Waals surface area contributed by atoms with Crippen LogP contribution in [-0.4, -0.2) is 6.61 Å². The van der Waals surface area contributed by atoms with Crippen molar-refractivity contribution in [3.63, 3.8) is 0 Å². The molecule has 0 radical (unpaired) electrons. The van der Waals surface area contributed by atoms with E-state index in [1.807, 2.05) is 0 Å². The Kier molecular flexibility index (Phi) is 6.44. The summed E-state index contributed by atoms with van der Waals surface area (Å²) in [5.41, 5.74) is 2.41. The van der Waals surface area contributed by atoms with Crippen molar-refractivity contribution in [2.45, 2.75) is 38.4 Å². The van der Waals surface area contributed by atoms with Crippen LogP contribution in [0.25, 0.3) is 0 Å². The van der Waals surface area contributed by atoms with Gasteiger partial charge in [-0.1, -0.05) is 51.6 Å². The van der Waals surface area contributed by atoms with E-state index in [-0.39, 0.29) is 0 Å². The lowest BCUT2D eigenvalue weighted by molar-refractivity contribution is 0.302. The van der Waals surface area contributed by atoms with Gasteiger partial charge in [0.2, 0.25) is 0 Å². The number of rotatable bonds is 6. The highest BCUT2D eigenvalue weighted by Crippen LogP contribution is 2.29. The lowest BCUT2D eigenvalue weighted by atomic mass is 10.1. The van der Waals surface area contributed by atoms with Gasteiger partial charge in [0, 0.05) is 15.4 Å². The van der Waals surface area contributed by atoms with Crippen LogP contribution in [0.3, 0.4) is 0 Å². The Morgan fingerprint density at radius 2 is 2.00 bits per heavy atom. The van der Waals surface area contributed by atoms with Gasteiger partial charge in [-0.25, -0.2) is 0 Å². The molecule has 90 valence electrons. The van der Waals surface area contributed by atoms with Gasteiger partial charge in [-0.3, -0.25) is 0 Å². The van der Waals surface area contributed by atoms with Crippen LogP contribution in [0.15, 0.2) is 16.6 Å². The van der Waals surface area contributed by atoms with Crippen molar-refractivity contribution >= 4 is 31.9 Å². The van der Waals surface area contributed by atoms with Crippen LogP contribution in [-0.2, 0) is 5.33 Å². The first-order valence-corrected chi connectivity index (χ1v) is 7.58. The highest BCUT2D eigenvalue weighted by atomic mass is 79.9. The van der Waals surface area contributed by atoms with Gasteiger partial charge in [0.05, 0.1) is 6.61 Å². The molecule has 0 aliphatic carbocycles.